The molecule has 0 saturated heterocycles. The number of benzene rings is 1. The van der Waals surface area contributed by atoms with E-state index >= 15 is 0 Å². The van der Waals surface area contributed by atoms with E-state index in [9.17, 15) is 0 Å². The van der Waals surface area contributed by atoms with Gasteiger partial charge in [0.25, 0.3) is 0 Å². The Hall–Kier alpha value is 0.423. The second-order valence-electron chi connectivity index (χ2n) is 2.95. The summed E-state index contributed by atoms with van der Waals surface area (Å²) in [6.45, 7) is 2.22. The molecule has 0 bridgehead atoms. The van der Waals surface area contributed by atoms with Crippen molar-refractivity contribution >= 4 is 29.3 Å². The predicted molar refractivity (Wildman–Crippen MR) is 66.4 cm³/mol. The molecule has 0 fully saturated rings. The van der Waals surface area contributed by atoms with Gasteiger partial charge in [-0.2, -0.15) is 0 Å². The number of alkyl halides is 2. The summed E-state index contributed by atoms with van der Waals surface area (Å²) < 4.78 is 0.721. The fourth-order valence-electron chi connectivity index (χ4n) is 1.48. The number of fused-ring (bicyclic) bond motifs is 1. The summed E-state index contributed by atoms with van der Waals surface area (Å²) in [5, 5.41) is 0. The molecule has 0 nitrogen and oxygen atoms in total. The Labute approximate surface area is 118 Å². The summed E-state index contributed by atoms with van der Waals surface area (Å²) in [7, 11) is 0. The number of halogens is 2. The first-order valence-corrected chi connectivity index (χ1v) is 7.46. The van der Waals surface area contributed by atoms with Crippen LogP contribution in [0.2, 0.25) is 0 Å². The normalized spacial score (nSPS) is 16.3. The molecule has 1 aromatic carbocycles. The van der Waals surface area contributed by atoms with Gasteiger partial charge in [0.05, 0.1) is 0 Å². The standard InChI is InChI=1S/C10H9.2CH3Cl.Zr/c1-8-6-9-4-2-3-5-10(9)7-8;2*1-2;/h2-7H,1H3;2*1H3;. The van der Waals surface area contributed by atoms with Gasteiger partial charge in [0.15, 0.2) is 0 Å². The van der Waals surface area contributed by atoms with Gasteiger partial charge in [-0.25, -0.2) is 0 Å². The molecule has 0 spiro atoms. The van der Waals surface area contributed by atoms with Crippen LogP contribution in [0.1, 0.15) is 21.7 Å². The van der Waals surface area contributed by atoms with Crippen LogP contribution < -0.4 is 0 Å². The molecule has 1 unspecified atom stereocenters. The minimum Gasteiger partial charge on any atom is -0.130 e. The van der Waals surface area contributed by atoms with Crippen LogP contribution in [0.15, 0.2) is 29.8 Å². The molecule has 81 valence electrons. The second-order valence-corrected chi connectivity index (χ2v) is 4.37. The van der Waals surface area contributed by atoms with Gasteiger partial charge >= 0.3 is 82.3 Å². The van der Waals surface area contributed by atoms with E-state index in [-0.39, 0.29) is 0 Å². The van der Waals surface area contributed by atoms with Crippen molar-refractivity contribution in [3.05, 3.63) is 41.0 Å². The van der Waals surface area contributed by atoms with Crippen molar-refractivity contribution < 1.29 is 24.7 Å². The Kier molecular flexibility index (Phi) is 8.80. The zero-order valence-electron chi connectivity index (χ0n) is 9.22. The van der Waals surface area contributed by atoms with Gasteiger partial charge in [0, 0.05) is 12.8 Å². The summed E-state index contributed by atoms with van der Waals surface area (Å²) in [6.07, 6.45) is 5.24. The first kappa shape index (κ1) is 15.4. The molecule has 0 amide bonds. The van der Waals surface area contributed by atoms with Crippen molar-refractivity contribution in [2.75, 3.05) is 12.8 Å². The van der Waals surface area contributed by atoms with E-state index in [0.717, 1.165) is 3.63 Å². The Balaban J connectivity index is 0.000000442. The Morgan fingerprint density at radius 2 is 1.60 bits per heavy atom. The molecular weight excluding hydrogens is 306 g/mol. The average Bonchev–Trinajstić information content (AvgIpc) is 2.61. The van der Waals surface area contributed by atoms with E-state index in [0.29, 0.717) is 0 Å². The van der Waals surface area contributed by atoms with Crippen LogP contribution in [0.3, 0.4) is 0 Å². The van der Waals surface area contributed by atoms with Gasteiger partial charge in [-0.1, -0.05) is 0 Å². The second kappa shape index (κ2) is 8.56. The minimum absolute atomic E-state index is 0.721. The van der Waals surface area contributed by atoms with Crippen LogP contribution in [-0.2, 0) is 24.7 Å². The van der Waals surface area contributed by atoms with Crippen molar-refractivity contribution in [3.8, 4) is 0 Å². The van der Waals surface area contributed by atoms with Gasteiger partial charge in [-0.05, 0) is 0 Å². The molecule has 1 aliphatic carbocycles. The van der Waals surface area contributed by atoms with Crippen molar-refractivity contribution in [1.82, 2.24) is 0 Å². The molecule has 0 heterocycles. The van der Waals surface area contributed by atoms with Crippen molar-refractivity contribution in [2.24, 2.45) is 0 Å². The monoisotopic (exact) mass is 319 g/mol. The van der Waals surface area contributed by atoms with Crippen molar-refractivity contribution in [2.45, 2.75) is 10.5 Å². The van der Waals surface area contributed by atoms with Gasteiger partial charge in [0.1, 0.15) is 0 Å². The fraction of sp³-hybridized carbons (Fsp3) is 0.333. The van der Waals surface area contributed by atoms with E-state index in [4.69, 9.17) is 0 Å². The van der Waals surface area contributed by atoms with Crippen LogP contribution in [0.5, 0.6) is 0 Å². The number of rotatable bonds is 0. The van der Waals surface area contributed by atoms with Crippen molar-refractivity contribution in [1.29, 1.82) is 0 Å². The zero-order valence-corrected chi connectivity index (χ0v) is 13.2. The maximum atomic E-state index is 4.64. The number of allylic oxidation sites excluding steroid dienone is 1. The van der Waals surface area contributed by atoms with E-state index in [1.165, 1.54) is 29.5 Å². The molecular formula is C12H15Cl2Zr. The van der Waals surface area contributed by atoms with Gasteiger partial charge in [0.2, 0.25) is 0 Å². The topological polar surface area (TPSA) is 0 Å². The number of hydrogen-bond donors (Lipinski definition) is 0. The van der Waals surface area contributed by atoms with Gasteiger partial charge in [-0.15, -0.1) is 23.2 Å². The molecule has 0 aromatic heterocycles. The maximum Gasteiger partial charge on any atom is 0.0108 e. The number of hydrogen-bond acceptors (Lipinski definition) is 0. The predicted octanol–water partition coefficient (Wildman–Crippen LogP) is 4.40. The van der Waals surface area contributed by atoms with Crippen LogP contribution in [0.25, 0.3) is 6.08 Å². The van der Waals surface area contributed by atoms with E-state index in [1.54, 1.807) is 24.7 Å². The minimum atomic E-state index is 0.721. The Morgan fingerprint density at radius 3 is 2.13 bits per heavy atom. The third-order valence-corrected chi connectivity index (χ3v) is 4.03. The molecule has 1 aliphatic rings. The summed E-state index contributed by atoms with van der Waals surface area (Å²) in [4.78, 5) is 0. The molecule has 2 rings (SSSR count). The third kappa shape index (κ3) is 4.06. The summed E-state index contributed by atoms with van der Waals surface area (Å²) >= 11 is 10.9. The molecule has 0 saturated carbocycles. The molecule has 1 atom stereocenters. The van der Waals surface area contributed by atoms with E-state index in [1.807, 2.05) is 0 Å². The first-order valence-electron chi connectivity index (χ1n) is 4.53. The zero-order chi connectivity index (χ0) is 11.8. The molecule has 1 aromatic rings. The van der Waals surface area contributed by atoms with Crippen molar-refractivity contribution in [3.63, 3.8) is 0 Å². The van der Waals surface area contributed by atoms with E-state index in [2.05, 4.69) is 60.5 Å². The average molecular weight is 321 g/mol. The summed E-state index contributed by atoms with van der Waals surface area (Å²) in [6, 6.07) is 8.67. The molecule has 3 heteroatoms. The molecule has 0 N–H and O–H groups in total. The molecule has 0 radical (unpaired) electrons. The Bertz CT molecular complexity index is 321. The summed E-state index contributed by atoms with van der Waals surface area (Å²) in [5.74, 6) is 0. The molecule has 0 aliphatic heterocycles. The van der Waals surface area contributed by atoms with E-state index < -0.39 is 0 Å². The third-order valence-electron chi connectivity index (χ3n) is 2.15. The fourth-order valence-corrected chi connectivity index (χ4v) is 2.33. The van der Waals surface area contributed by atoms with Gasteiger partial charge < -0.3 is 0 Å². The Morgan fingerprint density at radius 1 is 1.07 bits per heavy atom. The van der Waals surface area contributed by atoms with Crippen LogP contribution in [-0.4, -0.2) is 12.8 Å². The van der Waals surface area contributed by atoms with Crippen LogP contribution in [0.4, 0.5) is 0 Å². The first-order chi connectivity index (χ1) is 7.29. The SMILES string of the molecule is CC1=Cc2ccccc2[CH]1[Zr].CCl.CCl. The quantitative estimate of drug-likeness (QED) is 0.621. The van der Waals surface area contributed by atoms with Crippen LogP contribution in [0, 0.1) is 0 Å². The maximum absolute atomic E-state index is 4.64. The van der Waals surface area contributed by atoms with Gasteiger partial charge in [-0.3, -0.25) is 0 Å². The summed E-state index contributed by atoms with van der Waals surface area (Å²) in [5.41, 5.74) is 4.46. The smallest absolute Gasteiger partial charge is 0.0108 e. The van der Waals surface area contributed by atoms with Crippen LogP contribution >= 0.6 is 23.2 Å². The molecule has 15 heavy (non-hydrogen) atoms. The largest absolute Gasteiger partial charge is 0.130 e.